The van der Waals surface area contributed by atoms with Crippen LogP contribution in [0.15, 0.2) is 0 Å². The summed E-state index contributed by atoms with van der Waals surface area (Å²) in [5, 5.41) is 0. The molecule has 0 bridgehead atoms. The van der Waals surface area contributed by atoms with Gasteiger partial charge in [0.1, 0.15) is 0 Å². The Labute approximate surface area is 111 Å². The third-order valence-corrected chi connectivity index (χ3v) is 0. The van der Waals surface area contributed by atoms with Gasteiger partial charge in [-0.15, -0.1) is 0 Å². The molecule has 0 aromatic heterocycles. The molecule has 0 aliphatic rings. The SMILES string of the molecule is [Ce].[O]=[BiH].[SrH2]. The Hall–Kier alpha value is 3.54. The van der Waals surface area contributed by atoms with E-state index in [1.807, 2.05) is 0 Å². The summed E-state index contributed by atoms with van der Waals surface area (Å²) < 4.78 is 8.39. The van der Waals surface area contributed by atoms with E-state index >= 15 is 0 Å². The second kappa shape index (κ2) is 16.0. The number of hydrogen-bond donors (Lipinski definition) is 0. The first kappa shape index (κ1) is 15.6. The average molecular weight is 456 g/mol. The summed E-state index contributed by atoms with van der Waals surface area (Å²) in [6, 6.07) is 0. The molecule has 0 amide bonds. The molecule has 0 fully saturated rings. The van der Waals surface area contributed by atoms with E-state index in [0.717, 1.165) is 0 Å². The molecule has 4 heavy (non-hydrogen) atoms. The molecule has 0 atom stereocenters. The standard InChI is InChI=1S/Bi.Ce.O.Sr.3H. The normalized spacial score (nSPS) is 1.00. The zero-order valence-electron chi connectivity index (χ0n) is 1.41. The van der Waals surface area contributed by atoms with Crippen molar-refractivity contribution in [3.8, 4) is 0 Å². The minimum atomic E-state index is 0. The van der Waals surface area contributed by atoms with Crippen LogP contribution in [0.25, 0.3) is 0 Å². The topological polar surface area (TPSA) is 17.1 Å². The van der Waals surface area contributed by atoms with Gasteiger partial charge in [-0.05, 0) is 0 Å². The fourth-order valence-corrected chi connectivity index (χ4v) is 0. The molecular formula is H3BiCeOSr. The molecule has 0 saturated heterocycles. The van der Waals surface area contributed by atoms with Crippen molar-refractivity contribution in [3.05, 3.63) is 0 Å². The summed E-state index contributed by atoms with van der Waals surface area (Å²) >= 11 is 0.0556. The summed E-state index contributed by atoms with van der Waals surface area (Å²) in [5.74, 6) is 0. The maximum absolute atomic E-state index is 8.39. The molecule has 0 radical (unpaired) electrons. The Morgan fingerprint density at radius 1 is 1.25 bits per heavy atom. The van der Waals surface area contributed by atoms with Crippen LogP contribution in [-0.2, 0) is 2.81 Å². The van der Waals surface area contributed by atoms with E-state index in [1.54, 1.807) is 0 Å². The van der Waals surface area contributed by atoms with E-state index in [-0.39, 0.29) is 112 Å². The van der Waals surface area contributed by atoms with Crippen molar-refractivity contribution in [2.24, 2.45) is 0 Å². The molecule has 0 saturated carbocycles. The van der Waals surface area contributed by atoms with Gasteiger partial charge in [-0.2, -0.15) is 0 Å². The Morgan fingerprint density at radius 3 is 1.25 bits per heavy atom. The second-order valence-electron chi connectivity index (χ2n) is 0. The summed E-state index contributed by atoms with van der Waals surface area (Å²) in [6.45, 7) is 0. The third kappa shape index (κ3) is 9.11. The quantitative estimate of drug-likeness (QED) is 0.399. The van der Waals surface area contributed by atoms with Crippen molar-refractivity contribution in [2.45, 2.75) is 0 Å². The predicted octanol–water partition coefficient (Wildman–Crippen LogP) is -1.68. The number of rotatable bonds is 0. The molecule has 0 unspecified atom stereocenters. The van der Waals surface area contributed by atoms with Crippen LogP contribution >= 0.6 is 0 Å². The van der Waals surface area contributed by atoms with Gasteiger partial charge in [-0.1, -0.05) is 0 Å². The van der Waals surface area contributed by atoms with Gasteiger partial charge in [0.25, 0.3) is 0 Å². The summed E-state index contributed by atoms with van der Waals surface area (Å²) in [4.78, 5) is 0. The molecule has 0 aliphatic heterocycles. The zero-order chi connectivity index (χ0) is 2.00. The van der Waals surface area contributed by atoms with E-state index in [9.17, 15) is 0 Å². The Morgan fingerprint density at radius 2 is 1.25 bits per heavy atom. The molecule has 0 rings (SSSR count). The monoisotopic (exact) mass is 456 g/mol. The molecule has 0 aromatic carbocycles. The van der Waals surface area contributed by atoms with Crippen LogP contribution in [0.3, 0.4) is 0 Å². The molecular weight excluding hydrogens is 453 g/mol. The summed E-state index contributed by atoms with van der Waals surface area (Å²) in [5.41, 5.74) is 0. The molecule has 0 heterocycles. The Balaban J connectivity index is -0.00000000500. The van der Waals surface area contributed by atoms with Crippen molar-refractivity contribution in [3.63, 3.8) is 0 Å². The average Bonchev–Trinajstić information content (AvgIpc) is 1.00. The van der Waals surface area contributed by atoms with Crippen LogP contribution in [0.5, 0.6) is 0 Å². The van der Waals surface area contributed by atoms with Crippen molar-refractivity contribution in [2.75, 3.05) is 0 Å². The first-order chi connectivity index (χ1) is 1.00. The predicted molar refractivity (Wildman–Crippen MR) is 16.4 cm³/mol. The van der Waals surface area contributed by atoms with Crippen molar-refractivity contribution >= 4 is 70.2 Å². The maximum atomic E-state index is 8.39. The van der Waals surface area contributed by atoms with Gasteiger partial charge in [0, 0.05) is 41.7 Å². The van der Waals surface area contributed by atoms with E-state index in [4.69, 9.17) is 2.81 Å². The molecule has 0 aliphatic carbocycles. The summed E-state index contributed by atoms with van der Waals surface area (Å²) in [6.07, 6.45) is 0. The zero-order valence-corrected chi connectivity index (χ0v) is 8.44. The summed E-state index contributed by atoms with van der Waals surface area (Å²) in [7, 11) is 0. The van der Waals surface area contributed by atoms with Crippen molar-refractivity contribution in [1.29, 1.82) is 0 Å². The van der Waals surface area contributed by atoms with Crippen LogP contribution < -0.4 is 0 Å². The molecule has 1 nitrogen and oxygen atoms in total. The van der Waals surface area contributed by atoms with E-state index in [1.165, 1.54) is 0 Å². The van der Waals surface area contributed by atoms with Crippen LogP contribution in [0.1, 0.15) is 0 Å². The van der Waals surface area contributed by atoms with Crippen molar-refractivity contribution in [1.82, 2.24) is 0 Å². The van der Waals surface area contributed by atoms with Gasteiger partial charge in [0.2, 0.25) is 0 Å². The molecule has 0 spiro atoms. The van der Waals surface area contributed by atoms with Gasteiger partial charge in [-0.25, -0.2) is 0 Å². The minimum absolute atomic E-state index is 0. The van der Waals surface area contributed by atoms with Crippen LogP contribution in [-0.4, -0.2) is 70.2 Å². The van der Waals surface area contributed by atoms with Gasteiger partial charge in [0.15, 0.2) is 0 Å². The molecule has 0 aromatic rings. The van der Waals surface area contributed by atoms with Crippen molar-refractivity contribution < 1.29 is 44.6 Å². The van der Waals surface area contributed by atoms with E-state index in [0.29, 0.717) is 0 Å². The number of hydrogen-bond acceptors (Lipinski definition) is 1. The molecule has 0 N–H and O–H groups in total. The van der Waals surface area contributed by atoms with Gasteiger partial charge in [0.05, 0.1) is 0 Å². The Kier molecular flexibility index (Phi) is 62.7. The fourth-order valence-electron chi connectivity index (χ4n) is 0. The van der Waals surface area contributed by atoms with E-state index in [2.05, 4.69) is 0 Å². The molecule has 4 heteroatoms. The first-order valence-corrected chi connectivity index (χ1v) is 1.79. The van der Waals surface area contributed by atoms with Crippen LogP contribution in [0, 0.1) is 41.7 Å². The van der Waals surface area contributed by atoms with Crippen LogP contribution in [0.2, 0.25) is 0 Å². The fraction of sp³-hybridized carbons (Fsp3) is 0. The second-order valence-corrected chi connectivity index (χ2v) is 0. The Bertz CT molecular complexity index is 8.00. The van der Waals surface area contributed by atoms with Crippen LogP contribution in [0.4, 0.5) is 0 Å². The first-order valence-electron chi connectivity index (χ1n) is 0.204. The van der Waals surface area contributed by atoms with Gasteiger partial charge in [-0.3, -0.25) is 0 Å². The van der Waals surface area contributed by atoms with E-state index < -0.39 is 0 Å². The third-order valence-electron chi connectivity index (χ3n) is 0. The molecule has 20 valence electrons. The van der Waals surface area contributed by atoms with Gasteiger partial charge < -0.3 is 0 Å². The van der Waals surface area contributed by atoms with Gasteiger partial charge >= 0.3 is 73.0 Å².